The maximum atomic E-state index is 10.9. The summed E-state index contributed by atoms with van der Waals surface area (Å²) in [7, 11) is 1.53. The lowest BCUT2D eigenvalue weighted by Gasteiger charge is -2.27. The standard InChI is InChI=1S/C7H16N2O/c1-4-6-9(5-2)7(10)8-3/h4-6H2,1-3H3,(H,8,10)/p-1. The minimum absolute atomic E-state index is 0.107. The molecule has 0 saturated carbocycles. The van der Waals surface area contributed by atoms with E-state index in [9.17, 15) is 5.11 Å². The fourth-order valence-electron chi connectivity index (χ4n) is 0.800. The van der Waals surface area contributed by atoms with Gasteiger partial charge in [0.05, 0.1) is 0 Å². The monoisotopic (exact) mass is 143 g/mol. The Balaban J connectivity index is 3.80. The molecule has 0 bridgehead atoms. The highest BCUT2D eigenvalue weighted by Gasteiger charge is 1.95. The second kappa shape index (κ2) is 5.09. The van der Waals surface area contributed by atoms with E-state index in [1.165, 1.54) is 7.05 Å². The third-order valence-electron chi connectivity index (χ3n) is 1.34. The fraction of sp³-hybridized carbons (Fsp3) is 0.857. The molecule has 0 atom stereocenters. The molecule has 0 rings (SSSR count). The highest BCUT2D eigenvalue weighted by molar-refractivity contribution is 5.68. The van der Waals surface area contributed by atoms with Gasteiger partial charge in [-0.25, -0.2) is 0 Å². The molecule has 0 saturated heterocycles. The Kier molecular flexibility index (Phi) is 4.72. The molecule has 0 aromatic rings. The Hall–Kier alpha value is -0.730. The molecule has 0 aromatic heterocycles. The zero-order valence-corrected chi connectivity index (χ0v) is 6.92. The van der Waals surface area contributed by atoms with Crippen LogP contribution in [-0.4, -0.2) is 31.1 Å². The lowest BCUT2D eigenvalue weighted by molar-refractivity contribution is -0.234. The molecule has 0 radical (unpaired) electrons. The third-order valence-corrected chi connectivity index (χ3v) is 1.34. The van der Waals surface area contributed by atoms with Gasteiger partial charge in [-0.1, -0.05) is 6.92 Å². The van der Waals surface area contributed by atoms with Crippen LogP contribution in [0.1, 0.15) is 20.3 Å². The van der Waals surface area contributed by atoms with Gasteiger partial charge in [-0.15, -0.1) is 0 Å². The Morgan fingerprint density at radius 2 is 2.10 bits per heavy atom. The predicted octanol–water partition coefficient (Wildman–Crippen LogP) is 0.0644. The molecule has 0 aliphatic rings. The molecule has 0 N–H and O–H groups in total. The first kappa shape index (κ1) is 9.27. The molecule has 10 heavy (non-hydrogen) atoms. The highest BCUT2D eigenvalue weighted by Crippen LogP contribution is 1.88. The van der Waals surface area contributed by atoms with Crippen LogP contribution in [0.3, 0.4) is 0 Å². The lowest BCUT2D eigenvalue weighted by Crippen LogP contribution is -2.40. The van der Waals surface area contributed by atoms with Crippen molar-refractivity contribution >= 4 is 6.02 Å². The van der Waals surface area contributed by atoms with E-state index in [0.29, 0.717) is 0 Å². The first-order valence-corrected chi connectivity index (χ1v) is 3.65. The quantitative estimate of drug-likeness (QED) is 0.414. The topological polar surface area (TPSA) is 38.7 Å². The van der Waals surface area contributed by atoms with E-state index < -0.39 is 0 Å². The number of nitrogens with zero attached hydrogens (tertiary/aromatic N) is 2. The van der Waals surface area contributed by atoms with Crippen LogP contribution < -0.4 is 5.11 Å². The van der Waals surface area contributed by atoms with Crippen molar-refractivity contribution in [2.24, 2.45) is 4.99 Å². The van der Waals surface area contributed by atoms with Crippen LogP contribution in [-0.2, 0) is 0 Å². The largest absolute Gasteiger partial charge is 0.846 e. The average molecular weight is 143 g/mol. The number of aliphatic imine (C=N–C) groups is 1. The maximum Gasteiger partial charge on any atom is 0.0495 e. The Morgan fingerprint density at radius 3 is 2.40 bits per heavy atom. The van der Waals surface area contributed by atoms with Gasteiger partial charge in [0, 0.05) is 26.2 Å². The third kappa shape index (κ3) is 2.71. The summed E-state index contributed by atoms with van der Waals surface area (Å²) in [6.45, 7) is 5.57. The molecule has 60 valence electrons. The van der Waals surface area contributed by atoms with Gasteiger partial charge >= 0.3 is 0 Å². The zero-order chi connectivity index (χ0) is 7.98. The van der Waals surface area contributed by atoms with Crippen LogP contribution in [0.25, 0.3) is 0 Å². The summed E-state index contributed by atoms with van der Waals surface area (Å²) in [5, 5.41) is 10.9. The first-order valence-electron chi connectivity index (χ1n) is 3.65. The van der Waals surface area contributed by atoms with Gasteiger partial charge in [0.15, 0.2) is 0 Å². The van der Waals surface area contributed by atoms with Crippen LogP contribution in [0, 0.1) is 0 Å². The van der Waals surface area contributed by atoms with Gasteiger partial charge in [0.1, 0.15) is 0 Å². The average Bonchev–Trinajstić information content (AvgIpc) is 1.99. The van der Waals surface area contributed by atoms with E-state index in [1.807, 2.05) is 13.8 Å². The van der Waals surface area contributed by atoms with E-state index in [0.717, 1.165) is 19.5 Å². The van der Waals surface area contributed by atoms with Crippen molar-refractivity contribution in [1.29, 1.82) is 0 Å². The first-order chi connectivity index (χ1) is 4.76. The molecule has 0 aromatic carbocycles. The molecule has 0 unspecified atom stereocenters. The van der Waals surface area contributed by atoms with E-state index in [4.69, 9.17) is 0 Å². The summed E-state index contributed by atoms with van der Waals surface area (Å²) in [5.74, 6) is 0. The van der Waals surface area contributed by atoms with E-state index in [-0.39, 0.29) is 6.02 Å². The van der Waals surface area contributed by atoms with Crippen LogP contribution in [0.5, 0.6) is 0 Å². The zero-order valence-electron chi connectivity index (χ0n) is 6.92. The molecule has 0 fully saturated rings. The number of hydrogen-bond acceptors (Lipinski definition) is 2. The maximum absolute atomic E-state index is 10.9. The predicted molar refractivity (Wildman–Crippen MR) is 40.9 cm³/mol. The number of rotatable bonds is 3. The molecule has 0 aliphatic carbocycles. The number of amidine groups is 1. The summed E-state index contributed by atoms with van der Waals surface area (Å²) in [4.78, 5) is 5.29. The van der Waals surface area contributed by atoms with Crippen LogP contribution in [0.15, 0.2) is 4.99 Å². The van der Waals surface area contributed by atoms with Crippen LogP contribution >= 0.6 is 0 Å². The Morgan fingerprint density at radius 1 is 1.50 bits per heavy atom. The summed E-state index contributed by atoms with van der Waals surface area (Å²) in [5.41, 5.74) is 0. The fourth-order valence-corrected chi connectivity index (χ4v) is 0.800. The van der Waals surface area contributed by atoms with Crippen LogP contribution in [0.4, 0.5) is 0 Å². The van der Waals surface area contributed by atoms with Gasteiger partial charge in [0.25, 0.3) is 0 Å². The normalized spacial score (nSPS) is 11.7. The Labute approximate surface area is 62.4 Å². The molecular weight excluding hydrogens is 128 g/mol. The van der Waals surface area contributed by atoms with E-state index in [2.05, 4.69) is 4.99 Å². The van der Waals surface area contributed by atoms with Crippen molar-refractivity contribution in [3.63, 3.8) is 0 Å². The van der Waals surface area contributed by atoms with Crippen molar-refractivity contribution in [2.75, 3.05) is 20.1 Å². The van der Waals surface area contributed by atoms with Crippen molar-refractivity contribution in [1.82, 2.24) is 4.90 Å². The van der Waals surface area contributed by atoms with Crippen molar-refractivity contribution in [2.45, 2.75) is 20.3 Å². The SMILES string of the molecule is CCCN(CC)C([O-])=NC. The summed E-state index contributed by atoms with van der Waals surface area (Å²) in [6.07, 6.45) is 0.995. The van der Waals surface area contributed by atoms with E-state index >= 15 is 0 Å². The minimum atomic E-state index is -0.107. The Bertz CT molecular complexity index is 112. The summed E-state index contributed by atoms with van der Waals surface area (Å²) in [6, 6.07) is -0.107. The van der Waals surface area contributed by atoms with Gasteiger partial charge in [0.2, 0.25) is 0 Å². The molecule has 0 spiro atoms. The molecule has 3 heteroatoms. The minimum Gasteiger partial charge on any atom is -0.846 e. The molecule has 0 aliphatic heterocycles. The van der Waals surface area contributed by atoms with Crippen molar-refractivity contribution in [3.8, 4) is 0 Å². The van der Waals surface area contributed by atoms with Crippen LogP contribution in [0.2, 0.25) is 0 Å². The molecule has 3 nitrogen and oxygen atoms in total. The van der Waals surface area contributed by atoms with E-state index in [1.54, 1.807) is 4.90 Å². The molecular formula is C7H15N2O-. The highest BCUT2D eigenvalue weighted by atomic mass is 16.3. The second-order valence-corrected chi connectivity index (χ2v) is 2.09. The van der Waals surface area contributed by atoms with Gasteiger partial charge in [-0.3, -0.25) is 4.99 Å². The smallest absolute Gasteiger partial charge is 0.0495 e. The number of hydrogen-bond donors (Lipinski definition) is 0. The summed E-state index contributed by atoms with van der Waals surface area (Å²) < 4.78 is 0. The van der Waals surface area contributed by atoms with Gasteiger partial charge in [-0.05, 0) is 13.3 Å². The van der Waals surface area contributed by atoms with Crippen molar-refractivity contribution < 1.29 is 5.11 Å². The van der Waals surface area contributed by atoms with Gasteiger partial charge < -0.3 is 10.0 Å². The second-order valence-electron chi connectivity index (χ2n) is 2.09. The molecule has 0 amide bonds. The van der Waals surface area contributed by atoms with Gasteiger partial charge in [-0.2, -0.15) is 0 Å². The van der Waals surface area contributed by atoms with Crippen molar-refractivity contribution in [3.05, 3.63) is 0 Å². The molecule has 0 heterocycles. The lowest BCUT2D eigenvalue weighted by atomic mass is 10.4. The summed E-state index contributed by atoms with van der Waals surface area (Å²) >= 11 is 0.